The van der Waals surface area contributed by atoms with Gasteiger partial charge in [0.2, 0.25) is 0 Å². The molecule has 0 unspecified atom stereocenters. The summed E-state index contributed by atoms with van der Waals surface area (Å²) in [5.74, 6) is 0.428. The minimum Gasteiger partial charge on any atom is -0.208 e. The third kappa shape index (κ3) is 4.90. The van der Waals surface area contributed by atoms with E-state index in [4.69, 9.17) is 31.4 Å². The van der Waals surface area contributed by atoms with Crippen molar-refractivity contribution in [1.82, 2.24) is 15.0 Å². The van der Waals surface area contributed by atoms with Crippen molar-refractivity contribution < 1.29 is 20.6 Å². The molecule has 0 atom stereocenters. The summed E-state index contributed by atoms with van der Waals surface area (Å²) in [6.07, 6.45) is 0. The van der Waals surface area contributed by atoms with Gasteiger partial charge in [0.1, 0.15) is 0 Å². The van der Waals surface area contributed by atoms with Crippen LogP contribution in [0, 0.1) is 0 Å². The topological polar surface area (TPSA) is 38.7 Å². The summed E-state index contributed by atoms with van der Waals surface area (Å²) in [6.45, 7) is 0. The van der Waals surface area contributed by atoms with Crippen LogP contribution in [0.1, 0.15) is 20.6 Å². The van der Waals surface area contributed by atoms with Crippen molar-refractivity contribution in [2.24, 2.45) is 0 Å². The van der Waals surface area contributed by atoms with Crippen LogP contribution in [0.2, 0.25) is 0 Å². The Bertz CT molecular complexity index is 3680. The summed E-state index contributed by atoms with van der Waals surface area (Å²) in [7, 11) is 0. The lowest BCUT2D eigenvalue weighted by Gasteiger charge is -2.09. The number of thiophene rings is 2. The van der Waals surface area contributed by atoms with E-state index in [0.717, 1.165) is 31.5 Å². The fraction of sp³-hybridized carbons (Fsp3) is 0. The van der Waals surface area contributed by atoms with Crippen LogP contribution in [0.15, 0.2) is 163 Å². The van der Waals surface area contributed by atoms with Gasteiger partial charge in [-0.3, -0.25) is 0 Å². The molecule has 0 fully saturated rings. The molecule has 0 aliphatic heterocycles. The Morgan fingerprint density at radius 2 is 1.04 bits per heavy atom. The van der Waals surface area contributed by atoms with E-state index >= 15 is 0 Å². The van der Waals surface area contributed by atoms with E-state index in [1.54, 1.807) is 11.3 Å². The Labute approximate surface area is 317 Å². The molecule has 7 aromatic carbocycles. The number of fused-ring (bicyclic) bond motifs is 6. The monoisotopic (exact) mass is 688 g/mol. The van der Waals surface area contributed by atoms with E-state index in [0.29, 0.717) is 11.1 Å². The predicted molar refractivity (Wildman–Crippen MR) is 213 cm³/mol. The summed E-state index contributed by atoms with van der Waals surface area (Å²) < 4.78 is 135. The third-order valence-electron chi connectivity index (χ3n) is 8.22. The second-order valence-corrected chi connectivity index (χ2v) is 13.3. The van der Waals surface area contributed by atoms with Crippen LogP contribution in [0.4, 0.5) is 0 Å². The van der Waals surface area contributed by atoms with Crippen molar-refractivity contribution in [3.63, 3.8) is 0 Å². The van der Waals surface area contributed by atoms with Gasteiger partial charge in [-0.25, -0.2) is 15.0 Å². The molecule has 0 radical (unpaired) electrons. The number of rotatable bonds is 5. The molecule has 0 aliphatic rings. The molecule has 0 N–H and O–H groups in total. The number of hydrogen-bond acceptors (Lipinski definition) is 5. The van der Waals surface area contributed by atoms with Crippen molar-refractivity contribution in [3.8, 4) is 56.4 Å². The smallest absolute Gasteiger partial charge is 0.165 e. The molecule has 0 aliphatic carbocycles. The maximum Gasteiger partial charge on any atom is 0.165 e. The fourth-order valence-electron chi connectivity index (χ4n) is 5.89. The molecule has 50 heavy (non-hydrogen) atoms. The molecule has 3 nitrogen and oxygen atoms in total. The molecule has 0 amide bonds. The Balaban J connectivity index is 1.25. The maximum atomic E-state index is 9.66. The molecule has 234 valence electrons. The molecule has 0 saturated heterocycles. The highest BCUT2D eigenvalue weighted by Gasteiger charge is 2.18. The molecular weight excluding hydrogens is 647 g/mol. The first kappa shape index (κ1) is 17.6. The van der Waals surface area contributed by atoms with Crippen molar-refractivity contribution in [1.29, 1.82) is 0 Å². The Morgan fingerprint density at radius 1 is 0.380 bits per heavy atom. The van der Waals surface area contributed by atoms with E-state index in [1.807, 2.05) is 72.8 Å². The minimum atomic E-state index is -0.779. The average Bonchev–Trinajstić information content (AvgIpc) is 3.90. The normalized spacial score (nSPS) is 15.8. The summed E-state index contributed by atoms with van der Waals surface area (Å²) in [4.78, 5) is 14.5. The highest BCUT2D eigenvalue weighted by molar-refractivity contribution is 7.26. The molecule has 10 aromatic rings. The SMILES string of the molecule is [2H]c1c([2H])c([2H])c(-c2c([2H])c([2H])c(-c3c([2H])c([2H])c([2H])c4c3sc3c([2H])c(-c5nc(-c6ccccc6)nc(-c6cccc7c6sc6ccccc67)n5)c([2H])c([2H])c34)c([2H])c2[2H])c([2H])c1[2H]. The van der Waals surface area contributed by atoms with Crippen molar-refractivity contribution in [2.75, 3.05) is 0 Å². The Kier molecular flexibility index (Phi) is 4.17. The van der Waals surface area contributed by atoms with Crippen LogP contribution in [-0.2, 0) is 0 Å². The molecule has 10 rings (SSSR count). The van der Waals surface area contributed by atoms with Crippen LogP contribution < -0.4 is 0 Å². The zero-order valence-electron chi connectivity index (χ0n) is 40.6. The summed E-state index contributed by atoms with van der Waals surface area (Å²) in [6, 6.07) is 13.1. The van der Waals surface area contributed by atoms with Gasteiger partial charge in [-0.1, -0.05) is 145 Å². The van der Waals surface area contributed by atoms with E-state index in [-0.39, 0.29) is 54.8 Å². The van der Waals surface area contributed by atoms with Gasteiger partial charge in [-0.2, -0.15) is 0 Å². The van der Waals surface area contributed by atoms with Gasteiger partial charge in [-0.15, -0.1) is 22.7 Å². The number of nitrogens with zero attached hydrogens (tertiary/aromatic N) is 3. The van der Waals surface area contributed by atoms with Crippen molar-refractivity contribution in [3.05, 3.63) is 163 Å². The van der Waals surface area contributed by atoms with Gasteiger partial charge in [0.25, 0.3) is 0 Å². The highest BCUT2D eigenvalue weighted by Crippen LogP contribution is 2.43. The van der Waals surface area contributed by atoms with Crippen LogP contribution in [0.25, 0.3) is 96.8 Å². The van der Waals surface area contributed by atoms with E-state index in [9.17, 15) is 4.11 Å². The number of benzene rings is 7. The van der Waals surface area contributed by atoms with E-state index in [1.165, 1.54) is 0 Å². The van der Waals surface area contributed by atoms with Gasteiger partial charge < -0.3 is 0 Å². The van der Waals surface area contributed by atoms with Crippen LogP contribution in [0.5, 0.6) is 0 Å². The average molecular weight is 689 g/mol. The lowest BCUT2D eigenvalue weighted by molar-refractivity contribution is 1.08. The highest BCUT2D eigenvalue weighted by atomic mass is 32.1. The largest absolute Gasteiger partial charge is 0.208 e. The van der Waals surface area contributed by atoms with Gasteiger partial charge >= 0.3 is 0 Å². The molecular formula is C45H27N3S2. The fourth-order valence-corrected chi connectivity index (χ4v) is 8.22. The van der Waals surface area contributed by atoms with Gasteiger partial charge in [0, 0.05) is 57.0 Å². The first-order valence-corrected chi connectivity index (χ1v) is 17.0. The van der Waals surface area contributed by atoms with E-state index in [2.05, 4.69) is 0 Å². The van der Waals surface area contributed by atoms with Crippen LogP contribution >= 0.6 is 22.7 Å². The second kappa shape index (κ2) is 11.8. The molecule has 3 aromatic heterocycles. The van der Waals surface area contributed by atoms with Crippen LogP contribution in [0.3, 0.4) is 0 Å². The second-order valence-electron chi connectivity index (χ2n) is 11.2. The summed E-state index contributed by atoms with van der Waals surface area (Å²) in [5, 5.41) is 1.87. The molecule has 0 bridgehead atoms. The molecule has 5 heteroatoms. The zero-order valence-corrected chi connectivity index (χ0v) is 27.2. The van der Waals surface area contributed by atoms with Crippen molar-refractivity contribution in [2.45, 2.75) is 0 Å². The lowest BCUT2D eigenvalue weighted by atomic mass is 9.99. The quantitative estimate of drug-likeness (QED) is 0.181. The Hall–Kier alpha value is -6.01. The molecule has 3 heterocycles. The maximum absolute atomic E-state index is 9.66. The number of aromatic nitrogens is 3. The van der Waals surface area contributed by atoms with Gasteiger partial charge in [-0.05, 0) is 40.4 Å². The van der Waals surface area contributed by atoms with Gasteiger partial charge in [0.15, 0.2) is 17.5 Å². The zero-order chi connectivity index (χ0) is 46.1. The minimum absolute atomic E-state index is 0.0151. The lowest BCUT2D eigenvalue weighted by Crippen LogP contribution is -2.00. The Morgan fingerprint density at radius 3 is 1.90 bits per heavy atom. The number of hydrogen-bond donors (Lipinski definition) is 0. The predicted octanol–water partition coefficient (Wildman–Crippen LogP) is 12.9. The molecule has 0 saturated carbocycles. The summed E-state index contributed by atoms with van der Waals surface area (Å²) in [5.41, 5.74) is -0.710. The standard InChI is InChI=1S/C45H27N3S2/c1-3-11-28(12-4-1)29-21-23-30(24-22-29)33-16-9-17-37-35-26-25-32(27-40(35)50-41(33)37)44-46-43(31-13-5-2-6-14-31)47-45(48-44)38-19-10-18-36-34-15-7-8-20-39(34)49-42(36)38/h1-27H/i1D,3D,4D,9D,11D,12D,16D,17D,21D,22D,23D,24D,25D,26D,27D. The molecule has 0 spiro atoms. The van der Waals surface area contributed by atoms with Crippen molar-refractivity contribution >= 4 is 63.0 Å². The van der Waals surface area contributed by atoms with Gasteiger partial charge in [0.05, 0.1) is 20.6 Å². The van der Waals surface area contributed by atoms with E-state index < -0.39 is 101 Å². The summed E-state index contributed by atoms with van der Waals surface area (Å²) >= 11 is 2.39. The first-order valence-electron chi connectivity index (χ1n) is 22.9. The third-order valence-corrected chi connectivity index (χ3v) is 10.6. The van der Waals surface area contributed by atoms with Crippen LogP contribution in [-0.4, -0.2) is 15.0 Å². The first-order chi connectivity index (χ1) is 31.0.